The number of hydrogen-bond donors (Lipinski definition) is 1. The molecule has 4 rings (SSSR count). The summed E-state index contributed by atoms with van der Waals surface area (Å²) in [7, 11) is 0. The first kappa shape index (κ1) is 28.7. The zero-order valence-electron chi connectivity index (χ0n) is 20.6. The number of benzene rings is 2. The van der Waals surface area contributed by atoms with Crippen LogP contribution in [0.5, 0.6) is 0 Å². The van der Waals surface area contributed by atoms with Crippen molar-refractivity contribution in [2.45, 2.75) is 38.5 Å². The Balaban J connectivity index is 1.55. The summed E-state index contributed by atoms with van der Waals surface area (Å²) < 4.78 is 47.3. The van der Waals surface area contributed by atoms with Gasteiger partial charge in [0.05, 0.1) is 35.3 Å². The van der Waals surface area contributed by atoms with Gasteiger partial charge in [0.2, 0.25) is 0 Å². The first-order chi connectivity index (χ1) is 18.5. The van der Waals surface area contributed by atoms with Gasteiger partial charge in [0.25, 0.3) is 11.1 Å². The van der Waals surface area contributed by atoms with E-state index in [-0.39, 0.29) is 28.6 Å². The molecule has 206 valence electrons. The molecule has 1 saturated heterocycles. The minimum Gasteiger partial charge on any atom is -0.480 e. The van der Waals surface area contributed by atoms with Crippen LogP contribution in [0.1, 0.15) is 36.5 Å². The highest BCUT2D eigenvalue weighted by atomic mass is 35.5. The predicted molar refractivity (Wildman–Crippen MR) is 140 cm³/mol. The van der Waals surface area contributed by atoms with Crippen LogP contribution < -0.4 is 0 Å². The summed E-state index contributed by atoms with van der Waals surface area (Å²) in [5.41, 5.74) is 0.238. The molecule has 13 heteroatoms. The van der Waals surface area contributed by atoms with Crippen molar-refractivity contribution in [1.82, 2.24) is 14.7 Å². The Morgan fingerprint density at radius 1 is 1.23 bits per heavy atom. The second-order valence-electron chi connectivity index (χ2n) is 8.75. The standard InChI is InChI=1S/C26H23ClF3N3O5S/c1-2-3-8-38-14-21(24(35)36)33-23(34)22(39-25(33)37)10-15-4-7-20-17(9-15)12-31-32(20)13-16-5-6-18(27)11-19(16)26(28,29)30/h4-7,9-12,21H,2-3,8,13-14H2,1H3,(H,35,36). The van der Waals surface area contributed by atoms with Crippen LogP contribution >= 0.6 is 23.4 Å². The number of imide groups is 1. The second kappa shape index (κ2) is 11.8. The first-order valence-corrected chi connectivity index (χ1v) is 13.1. The van der Waals surface area contributed by atoms with Gasteiger partial charge in [0.15, 0.2) is 6.04 Å². The Bertz CT molecular complexity index is 1460. The SMILES string of the molecule is CCCCOCC(C(=O)O)N1C(=O)SC(=Cc2ccc3c(cnn3Cc3ccc(Cl)cc3C(F)(F)F)c2)C1=O. The fourth-order valence-corrected chi connectivity index (χ4v) is 5.08. The van der Waals surface area contributed by atoms with E-state index >= 15 is 0 Å². The van der Waals surface area contributed by atoms with Crippen LogP contribution in [-0.2, 0) is 27.0 Å². The largest absolute Gasteiger partial charge is 0.480 e. The van der Waals surface area contributed by atoms with E-state index in [1.165, 1.54) is 29.1 Å². The molecule has 1 N–H and O–H groups in total. The molecular weight excluding hydrogens is 559 g/mol. The Morgan fingerprint density at radius 2 is 2.00 bits per heavy atom. The van der Waals surface area contributed by atoms with Gasteiger partial charge in [-0.25, -0.2) is 4.79 Å². The summed E-state index contributed by atoms with van der Waals surface area (Å²) in [5.74, 6) is -2.09. The number of halogens is 4. The zero-order chi connectivity index (χ0) is 28.3. The topological polar surface area (TPSA) is 102 Å². The minimum absolute atomic E-state index is 0.00121. The number of aromatic nitrogens is 2. The molecule has 1 aliphatic rings. The minimum atomic E-state index is -4.58. The fraction of sp³-hybridized carbons (Fsp3) is 0.308. The number of ether oxygens (including phenoxy) is 1. The molecule has 1 fully saturated rings. The van der Waals surface area contributed by atoms with Crippen LogP contribution in [0.25, 0.3) is 17.0 Å². The van der Waals surface area contributed by atoms with Crippen molar-refractivity contribution >= 4 is 57.5 Å². The quantitative estimate of drug-likeness (QED) is 0.229. The molecule has 3 aromatic rings. The number of carboxylic acid groups (broad SMARTS) is 1. The van der Waals surface area contributed by atoms with Crippen molar-refractivity contribution in [2.75, 3.05) is 13.2 Å². The number of nitrogens with zero attached hydrogens (tertiary/aromatic N) is 3. The molecule has 0 radical (unpaired) electrons. The van der Waals surface area contributed by atoms with Gasteiger partial charge >= 0.3 is 12.1 Å². The lowest BCUT2D eigenvalue weighted by atomic mass is 10.1. The lowest BCUT2D eigenvalue weighted by Crippen LogP contribution is -2.46. The zero-order valence-corrected chi connectivity index (χ0v) is 22.1. The maximum absolute atomic E-state index is 13.5. The predicted octanol–water partition coefficient (Wildman–Crippen LogP) is 6.06. The number of carbonyl (C=O) groups excluding carboxylic acids is 2. The fourth-order valence-electron chi connectivity index (χ4n) is 4.03. The molecule has 1 atom stereocenters. The van der Waals surface area contributed by atoms with E-state index in [0.29, 0.717) is 39.7 Å². The van der Waals surface area contributed by atoms with Crippen molar-refractivity contribution in [3.8, 4) is 0 Å². The molecule has 2 aromatic carbocycles. The lowest BCUT2D eigenvalue weighted by molar-refractivity contribution is -0.148. The third-order valence-corrected chi connectivity index (χ3v) is 7.12. The highest BCUT2D eigenvalue weighted by Gasteiger charge is 2.43. The van der Waals surface area contributed by atoms with Gasteiger partial charge in [-0.2, -0.15) is 18.3 Å². The summed E-state index contributed by atoms with van der Waals surface area (Å²) in [6.45, 7) is 1.81. The highest BCUT2D eigenvalue weighted by Crippen LogP contribution is 2.36. The lowest BCUT2D eigenvalue weighted by Gasteiger charge is -2.21. The number of thioether (sulfide) groups is 1. The number of carbonyl (C=O) groups is 3. The third-order valence-electron chi connectivity index (χ3n) is 6.00. The molecule has 2 amide bonds. The Labute approximate surface area is 230 Å². The van der Waals surface area contributed by atoms with Crippen LogP contribution in [0.2, 0.25) is 5.02 Å². The molecule has 39 heavy (non-hydrogen) atoms. The summed E-state index contributed by atoms with van der Waals surface area (Å²) >= 11 is 6.39. The second-order valence-corrected chi connectivity index (χ2v) is 10.2. The molecule has 2 heterocycles. The van der Waals surface area contributed by atoms with Gasteiger partial charge in [-0.05, 0) is 59.7 Å². The van der Waals surface area contributed by atoms with Crippen LogP contribution in [-0.4, -0.2) is 56.2 Å². The molecule has 1 aromatic heterocycles. The molecule has 0 bridgehead atoms. The number of hydrogen-bond acceptors (Lipinski definition) is 6. The Kier molecular flexibility index (Phi) is 8.67. The number of amides is 2. The molecule has 1 aliphatic heterocycles. The third kappa shape index (κ3) is 6.45. The van der Waals surface area contributed by atoms with E-state index in [4.69, 9.17) is 16.3 Å². The maximum atomic E-state index is 13.5. The van der Waals surface area contributed by atoms with Crippen molar-refractivity contribution in [3.05, 3.63) is 69.2 Å². The number of unbranched alkanes of at least 4 members (excludes halogenated alkanes) is 1. The maximum Gasteiger partial charge on any atom is 0.416 e. The van der Waals surface area contributed by atoms with Crippen molar-refractivity contribution in [2.24, 2.45) is 0 Å². The molecule has 8 nitrogen and oxygen atoms in total. The number of fused-ring (bicyclic) bond motifs is 1. The van der Waals surface area contributed by atoms with Crippen molar-refractivity contribution in [3.63, 3.8) is 0 Å². The van der Waals surface area contributed by atoms with Crippen LogP contribution in [0.3, 0.4) is 0 Å². The van der Waals surface area contributed by atoms with Gasteiger partial charge in [-0.3, -0.25) is 19.2 Å². The number of rotatable bonds is 10. The highest BCUT2D eigenvalue weighted by molar-refractivity contribution is 8.18. The number of alkyl halides is 3. The van der Waals surface area contributed by atoms with Crippen molar-refractivity contribution in [1.29, 1.82) is 0 Å². The van der Waals surface area contributed by atoms with Gasteiger partial charge in [0, 0.05) is 17.0 Å². The van der Waals surface area contributed by atoms with E-state index in [9.17, 15) is 32.7 Å². The van der Waals surface area contributed by atoms with Crippen LogP contribution in [0, 0.1) is 0 Å². The number of aliphatic carboxylic acids is 1. The van der Waals surface area contributed by atoms with E-state index < -0.39 is 34.9 Å². The average molecular weight is 582 g/mol. The van der Waals surface area contributed by atoms with Gasteiger partial charge in [-0.15, -0.1) is 0 Å². The number of carboxylic acids is 1. The van der Waals surface area contributed by atoms with E-state index in [1.807, 2.05) is 6.92 Å². The molecule has 1 unspecified atom stereocenters. The average Bonchev–Trinajstić information content (AvgIpc) is 3.39. The summed E-state index contributed by atoms with van der Waals surface area (Å²) in [4.78, 5) is 38.0. The molecule has 0 spiro atoms. The van der Waals surface area contributed by atoms with Gasteiger partial charge < -0.3 is 9.84 Å². The summed E-state index contributed by atoms with van der Waals surface area (Å²) in [6, 6.07) is 7.06. The van der Waals surface area contributed by atoms with Gasteiger partial charge in [-0.1, -0.05) is 37.1 Å². The molecule has 0 saturated carbocycles. The van der Waals surface area contributed by atoms with E-state index in [0.717, 1.165) is 18.9 Å². The normalized spacial score (nSPS) is 16.0. The summed E-state index contributed by atoms with van der Waals surface area (Å²) in [5, 5.41) is 13.6. The van der Waals surface area contributed by atoms with Crippen LogP contribution in [0.15, 0.2) is 47.5 Å². The summed E-state index contributed by atoms with van der Waals surface area (Å²) in [6.07, 6.45) is -0.0762. The first-order valence-electron chi connectivity index (χ1n) is 11.9. The Hall–Kier alpha value is -3.35. The molecule has 0 aliphatic carbocycles. The monoisotopic (exact) mass is 581 g/mol. The van der Waals surface area contributed by atoms with Crippen LogP contribution in [0.4, 0.5) is 18.0 Å². The van der Waals surface area contributed by atoms with E-state index in [2.05, 4.69) is 5.10 Å². The van der Waals surface area contributed by atoms with E-state index in [1.54, 1.807) is 18.2 Å². The smallest absolute Gasteiger partial charge is 0.416 e. The Morgan fingerprint density at radius 3 is 2.69 bits per heavy atom. The van der Waals surface area contributed by atoms with Crippen molar-refractivity contribution < 1.29 is 37.4 Å². The van der Waals surface area contributed by atoms with Gasteiger partial charge in [0.1, 0.15) is 0 Å². The molecular formula is C26H23ClF3N3O5S.